The maximum Gasteiger partial charge on any atom is 0.233 e. The average molecular weight is 461 g/mol. The molecule has 5 heteroatoms. The molecule has 2 saturated heterocycles. The molecule has 0 aromatic heterocycles. The van der Waals surface area contributed by atoms with Gasteiger partial charge in [0.25, 0.3) is 0 Å². The van der Waals surface area contributed by atoms with Crippen molar-refractivity contribution in [3.05, 3.63) is 65.7 Å². The lowest BCUT2D eigenvalue weighted by atomic mass is 9.68. The lowest BCUT2D eigenvalue weighted by molar-refractivity contribution is -0.142. The summed E-state index contributed by atoms with van der Waals surface area (Å²) in [4.78, 5) is 30.9. The van der Waals surface area contributed by atoms with Gasteiger partial charge >= 0.3 is 0 Å². The average Bonchev–Trinajstić information content (AvgIpc) is 3.28. The molecule has 2 amide bonds. The number of likely N-dealkylation sites (tertiary alicyclic amines) is 2. The second kappa shape index (κ2) is 9.44. The van der Waals surface area contributed by atoms with E-state index in [1.807, 2.05) is 18.2 Å². The van der Waals surface area contributed by atoms with E-state index in [1.165, 1.54) is 17.5 Å². The van der Waals surface area contributed by atoms with Crippen LogP contribution in [-0.2, 0) is 15.0 Å². The molecule has 1 aliphatic carbocycles. The highest BCUT2D eigenvalue weighted by atomic mass is 16.5. The third-order valence-electron chi connectivity index (χ3n) is 8.61. The standard InChI is InChI=1S/C29H36N2O3/c1-21(32)31-20-25(22-11-13-24(34-2)14-12-22)26-19-30(18-15-27(26)31)28(33)29(16-7-4-8-17-29)23-9-5-3-6-10-23/h3,5-6,9-14,25-27H,4,7-8,15-20H2,1-2H3/t25-,26-,27-/m1/s1. The summed E-state index contributed by atoms with van der Waals surface area (Å²) in [5.74, 6) is 1.76. The summed E-state index contributed by atoms with van der Waals surface area (Å²) in [6.45, 7) is 3.85. The number of carbonyl (C=O) groups excluding carboxylic acids is 2. The van der Waals surface area contributed by atoms with E-state index < -0.39 is 5.41 Å². The molecule has 180 valence electrons. The van der Waals surface area contributed by atoms with Gasteiger partial charge in [0.2, 0.25) is 11.8 Å². The first-order valence-corrected chi connectivity index (χ1v) is 12.8. The van der Waals surface area contributed by atoms with Crippen molar-refractivity contribution in [2.45, 2.75) is 62.8 Å². The third-order valence-corrected chi connectivity index (χ3v) is 8.61. The van der Waals surface area contributed by atoms with Gasteiger partial charge in [0.05, 0.1) is 12.5 Å². The van der Waals surface area contributed by atoms with Crippen molar-refractivity contribution < 1.29 is 14.3 Å². The molecule has 3 aliphatic rings. The summed E-state index contributed by atoms with van der Waals surface area (Å²) in [5, 5.41) is 0. The van der Waals surface area contributed by atoms with Crippen LogP contribution in [0.5, 0.6) is 5.75 Å². The highest BCUT2D eigenvalue weighted by Crippen LogP contribution is 2.45. The number of amides is 2. The molecular weight excluding hydrogens is 424 g/mol. The zero-order valence-electron chi connectivity index (χ0n) is 20.4. The quantitative estimate of drug-likeness (QED) is 0.661. The van der Waals surface area contributed by atoms with Crippen LogP contribution >= 0.6 is 0 Å². The Morgan fingerprint density at radius 2 is 1.65 bits per heavy atom. The van der Waals surface area contributed by atoms with Crippen LogP contribution in [0.2, 0.25) is 0 Å². The summed E-state index contributed by atoms with van der Waals surface area (Å²) in [6, 6.07) is 18.9. The fourth-order valence-corrected chi connectivity index (χ4v) is 6.83. The molecule has 5 rings (SSSR count). The number of piperidine rings is 1. The molecule has 0 spiro atoms. The number of rotatable bonds is 4. The van der Waals surface area contributed by atoms with Crippen LogP contribution in [0.4, 0.5) is 0 Å². The van der Waals surface area contributed by atoms with Gasteiger partial charge in [-0.2, -0.15) is 0 Å². The van der Waals surface area contributed by atoms with Gasteiger partial charge in [-0.05, 0) is 42.5 Å². The molecule has 2 aliphatic heterocycles. The number of fused-ring (bicyclic) bond motifs is 1. The van der Waals surface area contributed by atoms with Crippen LogP contribution in [0, 0.1) is 5.92 Å². The summed E-state index contributed by atoms with van der Waals surface area (Å²) >= 11 is 0. The molecule has 3 atom stereocenters. The minimum absolute atomic E-state index is 0.138. The summed E-state index contributed by atoms with van der Waals surface area (Å²) in [6.07, 6.45) is 6.14. The zero-order chi connectivity index (χ0) is 23.7. The minimum Gasteiger partial charge on any atom is -0.497 e. The van der Waals surface area contributed by atoms with Gasteiger partial charge in [-0.1, -0.05) is 61.7 Å². The predicted octanol–water partition coefficient (Wildman–Crippen LogP) is 4.76. The fourth-order valence-electron chi connectivity index (χ4n) is 6.83. The molecule has 2 aromatic rings. The third kappa shape index (κ3) is 3.99. The molecule has 2 heterocycles. The maximum absolute atomic E-state index is 14.2. The van der Waals surface area contributed by atoms with E-state index in [9.17, 15) is 9.59 Å². The molecule has 0 N–H and O–H groups in total. The van der Waals surface area contributed by atoms with Gasteiger partial charge < -0.3 is 14.5 Å². The van der Waals surface area contributed by atoms with E-state index in [-0.39, 0.29) is 23.8 Å². The van der Waals surface area contributed by atoms with E-state index >= 15 is 0 Å². The monoisotopic (exact) mass is 460 g/mol. The van der Waals surface area contributed by atoms with E-state index in [4.69, 9.17) is 4.74 Å². The fraction of sp³-hybridized carbons (Fsp3) is 0.517. The van der Waals surface area contributed by atoms with Crippen molar-refractivity contribution in [1.29, 1.82) is 0 Å². The summed E-state index contributed by atoms with van der Waals surface area (Å²) < 4.78 is 5.35. The van der Waals surface area contributed by atoms with Crippen LogP contribution in [0.15, 0.2) is 54.6 Å². The van der Waals surface area contributed by atoms with Crippen LogP contribution in [0.3, 0.4) is 0 Å². The molecular formula is C29H36N2O3. The Morgan fingerprint density at radius 1 is 0.941 bits per heavy atom. The molecule has 0 unspecified atom stereocenters. The lowest BCUT2D eigenvalue weighted by Crippen LogP contribution is -2.55. The predicted molar refractivity (Wildman–Crippen MR) is 133 cm³/mol. The Morgan fingerprint density at radius 3 is 2.29 bits per heavy atom. The number of nitrogens with zero attached hydrogens (tertiary/aromatic N) is 2. The number of hydrogen-bond donors (Lipinski definition) is 0. The largest absolute Gasteiger partial charge is 0.497 e. The first-order valence-electron chi connectivity index (χ1n) is 12.8. The van der Waals surface area contributed by atoms with E-state index in [2.05, 4.69) is 46.2 Å². The van der Waals surface area contributed by atoms with E-state index in [0.717, 1.165) is 57.5 Å². The van der Waals surface area contributed by atoms with Crippen LogP contribution in [0.25, 0.3) is 0 Å². The number of benzene rings is 2. The summed E-state index contributed by atoms with van der Waals surface area (Å²) in [5.41, 5.74) is 2.00. The molecule has 0 bridgehead atoms. The van der Waals surface area contributed by atoms with Crippen molar-refractivity contribution in [2.24, 2.45) is 5.92 Å². The van der Waals surface area contributed by atoms with Gasteiger partial charge in [0, 0.05) is 44.4 Å². The Bertz CT molecular complexity index is 1010. The van der Waals surface area contributed by atoms with Crippen LogP contribution in [0.1, 0.15) is 62.5 Å². The van der Waals surface area contributed by atoms with Crippen molar-refractivity contribution in [3.63, 3.8) is 0 Å². The SMILES string of the molecule is COc1ccc([C@H]2CN(C(C)=O)[C@@H]3CCN(C(=O)C4(c5ccccc5)CCCCC4)C[C@H]23)cc1. The zero-order valence-corrected chi connectivity index (χ0v) is 20.4. The second-order valence-corrected chi connectivity index (χ2v) is 10.3. The molecule has 3 fully saturated rings. The van der Waals surface area contributed by atoms with Crippen LogP contribution < -0.4 is 4.74 Å². The Labute approximate surface area is 203 Å². The summed E-state index contributed by atoms with van der Waals surface area (Å²) in [7, 11) is 1.68. The van der Waals surface area contributed by atoms with Gasteiger partial charge in [-0.15, -0.1) is 0 Å². The first kappa shape index (κ1) is 22.9. The van der Waals surface area contributed by atoms with Gasteiger partial charge in [0.15, 0.2) is 0 Å². The Hall–Kier alpha value is -2.82. The smallest absolute Gasteiger partial charge is 0.233 e. The number of hydrogen-bond acceptors (Lipinski definition) is 3. The topological polar surface area (TPSA) is 49.9 Å². The van der Waals surface area contributed by atoms with Crippen molar-refractivity contribution >= 4 is 11.8 Å². The Balaban J connectivity index is 1.43. The maximum atomic E-state index is 14.2. The minimum atomic E-state index is -0.402. The van der Waals surface area contributed by atoms with Crippen molar-refractivity contribution in [1.82, 2.24) is 9.80 Å². The normalized spacial score (nSPS) is 26.1. The van der Waals surface area contributed by atoms with Crippen molar-refractivity contribution in [2.75, 3.05) is 26.7 Å². The van der Waals surface area contributed by atoms with Gasteiger partial charge in [0.1, 0.15) is 5.75 Å². The Kier molecular flexibility index (Phi) is 6.37. The van der Waals surface area contributed by atoms with E-state index in [0.29, 0.717) is 5.91 Å². The number of ether oxygens (including phenoxy) is 1. The number of methoxy groups -OCH3 is 1. The lowest BCUT2D eigenvalue weighted by Gasteiger charge is -2.45. The molecule has 34 heavy (non-hydrogen) atoms. The molecule has 2 aromatic carbocycles. The second-order valence-electron chi connectivity index (χ2n) is 10.3. The van der Waals surface area contributed by atoms with Crippen molar-refractivity contribution in [3.8, 4) is 5.75 Å². The first-order chi connectivity index (χ1) is 16.5. The molecule has 5 nitrogen and oxygen atoms in total. The highest BCUT2D eigenvalue weighted by molar-refractivity contribution is 5.88. The number of carbonyl (C=O) groups is 2. The highest BCUT2D eigenvalue weighted by Gasteiger charge is 2.50. The molecule has 0 radical (unpaired) electrons. The van der Waals surface area contributed by atoms with Gasteiger partial charge in [-0.25, -0.2) is 0 Å². The molecule has 1 saturated carbocycles. The van der Waals surface area contributed by atoms with Gasteiger partial charge in [-0.3, -0.25) is 9.59 Å². The van der Waals surface area contributed by atoms with E-state index in [1.54, 1.807) is 14.0 Å². The van der Waals surface area contributed by atoms with Crippen LogP contribution in [-0.4, -0.2) is 54.4 Å².